The SMILES string of the molecule is c1ccc(N2c3cccc4c3B3c5c2ccc2c5B5c6c(ccc(c63)N4c3ccccc3)-n3c4ccccc4c4ccc(c5c43)N2c2ccccc2)cc1. The lowest BCUT2D eigenvalue weighted by atomic mass is 9.18. The second-order valence-electron chi connectivity index (χ2n) is 15.2. The number of para-hydroxylation sites is 4. The van der Waals surface area contributed by atoms with Crippen LogP contribution < -0.4 is 47.5 Å². The number of hydrogen-bond acceptors (Lipinski definition) is 3. The summed E-state index contributed by atoms with van der Waals surface area (Å²) in [4.78, 5) is 7.63. The van der Waals surface area contributed by atoms with E-state index >= 15 is 0 Å². The Hall–Kier alpha value is -6.91. The second-order valence-corrected chi connectivity index (χ2v) is 15.2. The molecule has 9 aromatic rings. The second kappa shape index (κ2) is 9.54. The lowest BCUT2D eigenvalue weighted by molar-refractivity contribution is 1.18. The summed E-state index contributed by atoms with van der Waals surface area (Å²) < 4.78 is 2.60. The van der Waals surface area contributed by atoms with Crippen LogP contribution in [0.5, 0.6) is 0 Å². The molecule has 14 rings (SSSR count). The van der Waals surface area contributed by atoms with Crippen molar-refractivity contribution in [3.63, 3.8) is 0 Å². The molecule has 1 aromatic heterocycles. The molecule has 5 aliphatic rings. The quantitative estimate of drug-likeness (QED) is 0.177. The lowest BCUT2D eigenvalue weighted by Gasteiger charge is -2.51. The Bertz CT molecular complexity index is 3120. The van der Waals surface area contributed by atoms with Gasteiger partial charge in [0.15, 0.2) is 0 Å². The van der Waals surface area contributed by atoms with Crippen LogP contribution in [0.4, 0.5) is 51.2 Å². The van der Waals surface area contributed by atoms with Gasteiger partial charge in [-0.3, -0.25) is 0 Å². The van der Waals surface area contributed by atoms with Crippen molar-refractivity contribution in [2.24, 2.45) is 0 Å². The lowest BCUT2D eigenvalue weighted by Crippen LogP contribution is -2.80. The number of rotatable bonds is 3. The highest BCUT2D eigenvalue weighted by molar-refractivity contribution is 7.15. The molecule has 6 heteroatoms. The van der Waals surface area contributed by atoms with Crippen LogP contribution >= 0.6 is 0 Å². The molecular formula is C48H28B2N4. The maximum atomic E-state index is 2.60. The van der Waals surface area contributed by atoms with E-state index in [0.29, 0.717) is 0 Å². The van der Waals surface area contributed by atoms with Crippen LogP contribution in [0.2, 0.25) is 0 Å². The molecule has 6 heterocycles. The topological polar surface area (TPSA) is 14.7 Å². The Labute approximate surface area is 312 Å². The van der Waals surface area contributed by atoms with Crippen molar-refractivity contribution in [3.05, 3.63) is 170 Å². The molecule has 0 atom stereocenters. The van der Waals surface area contributed by atoms with Gasteiger partial charge in [0.05, 0.1) is 11.0 Å². The van der Waals surface area contributed by atoms with E-state index in [9.17, 15) is 0 Å². The van der Waals surface area contributed by atoms with Gasteiger partial charge < -0.3 is 19.3 Å². The minimum atomic E-state index is 0.0732. The molecule has 0 bridgehead atoms. The first-order chi connectivity index (χ1) is 26.9. The maximum absolute atomic E-state index is 2.60. The standard InChI is InChI=1S/C48H28B2N4/c1-4-13-29(14-5-1)51-35-21-12-22-36-42(35)49-43-37(51)25-26-39-45(43)50-46-40(28-27-38(44(46)49)52(36)30-15-6-2-7-16-30)54-34-20-11-10-19-32(34)33-23-24-41(47(50)48(33)54)53(39)31-17-8-3-9-18-31/h1-28H. The van der Waals surface area contributed by atoms with Crippen LogP contribution in [0, 0.1) is 0 Å². The number of fused-ring (bicyclic) bond motifs is 4. The van der Waals surface area contributed by atoms with Gasteiger partial charge in [-0.25, -0.2) is 0 Å². The van der Waals surface area contributed by atoms with Crippen LogP contribution in [0.1, 0.15) is 0 Å². The summed E-state index contributed by atoms with van der Waals surface area (Å²) in [7, 11) is 0. The zero-order valence-electron chi connectivity index (χ0n) is 29.1. The van der Waals surface area contributed by atoms with E-state index in [0.717, 1.165) is 0 Å². The molecule has 0 fully saturated rings. The van der Waals surface area contributed by atoms with Crippen molar-refractivity contribution >= 4 is 119 Å². The summed E-state index contributed by atoms with van der Waals surface area (Å²) in [5.74, 6) is 0. The zero-order valence-corrected chi connectivity index (χ0v) is 29.1. The number of nitrogens with zero attached hydrogens (tertiary/aromatic N) is 4. The fraction of sp³-hybridized carbons (Fsp3) is 0. The van der Waals surface area contributed by atoms with E-state index < -0.39 is 0 Å². The molecular weight excluding hydrogens is 654 g/mol. The molecule has 0 N–H and O–H groups in total. The Kier molecular flexibility index (Phi) is 4.90. The first-order valence-electron chi connectivity index (χ1n) is 19.0. The number of aromatic nitrogens is 1. The minimum Gasteiger partial charge on any atom is -0.311 e. The molecule has 0 aliphatic carbocycles. The van der Waals surface area contributed by atoms with E-state index in [1.807, 2.05) is 0 Å². The fourth-order valence-electron chi connectivity index (χ4n) is 11.1. The number of anilines is 9. The molecule has 0 spiro atoms. The predicted octanol–water partition coefficient (Wildman–Crippen LogP) is 7.79. The van der Waals surface area contributed by atoms with E-state index in [1.165, 1.54) is 111 Å². The molecule has 246 valence electrons. The van der Waals surface area contributed by atoms with Crippen LogP contribution in [-0.4, -0.2) is 18.0 Å². The van der Waals surface area contributed by atoms with Gasteiger partial charge in [-0.15, -0.1) is 0 Å². The van der Waals surface area contributed by atoms with Gasteiger partial charge in [0.2, 0.25) is 0 Å². The van der Waals surface area contributed by atoms with Gasteiger partial charge >= 0.3 is 0 Å². The van der Waals surface area contributed by atoms with Crippen molar-refractivity contribution in [2.45, 2.75) is 0 Å². The molecule has 0 saturated carbocycles. The monoisotopic (exact) mass is 682 g/mol. The van der Waals surface area contributed by atoms with Gasteiger partial charge in [-0.05, 0) is 118 Å². The van der Waals surface area contributed by atoms with Crippen LogP contribution in [0.15, 0.2) is 170 Å². The molecule has 54 heavy (non-hydrogen) atoms. The average Bonchev–Trinajstić information content (AvgIpc) is 3.58. The summed E-state index contributed by atoms with van der Waals surface area (Å²) in [6.07, 6.45) is 0. The Balaban J connectivity index is 1.22. The molecule has 5 aliphatic heterocycles. The van der Waals surface area contributed by atoms with Gasteiger partial charge in [0, 0.05) is 67.6 Å². The maximum Gasteiger partial charge on any atom is 0.251 e. The van der Waals surface area contributed by atoms with Crippen molar-refractivity contribution < 1.29 is 0 Å². The summed E-state index contributed by atoms with van der Waals surface area (Å²) in [5, 5.41) is 2.63. The third kappa shape index (κ3) is 3.07. The molecule has 4 nitrogen and oxygen atoms in total. The Morgan fingerprint density at radius 1 is 0.278 bits per heavy atom. The highest BCUT2D eigenvalue weighted by Gasteiger charge is 2.55. The largest absolute Gasteiger partial charge is 0.311 e. The molecule has 0 amide bonds. The summed E-state index contributed by atoms with van der Waals surface area (Å²) in [6, 6.07) is 63.4. The first kappa shape index (κ1) is 27.7. The molecule has 0 radical (unpaired) electrons. The van der Waals surface area contributed by atoms with Gasteiger partial charge in [-0.1, -0.05) is 84.9 Å². The summed E-state index contributed by atoms with van der Waals surface area (Å²) >= 11 is 0. The first-order valence-corrected chi connectivity index (χ1v) is 19.0. The van der Waals surface area contributed by atoms with E-state index in [1.54, 1.807) is 0 Å². The smallest absolute Gasteiger partial charge is 0.251 e. The minimum absolute atomic E-state index is 0.0732. The predicted molar refractivity (Wildman–Crippen MR) is 228 cm³/mol. The van der Waals surface area contributed by atoms with Crippen LogP contribution in [-0.2, 0) is 0 Å². The van der Waals surface area contributed by atoms with Crippen LogP contribution in [0.3, 0.4) is 0 Å². The Morgan fingerprint density at radius 3 is 1.24 bits per heavy atom. The molecule has 8 aromatic carbocycles. The zero-order chi connectivity index (χ0) is 34.8. The van der Waals surface area contributed by atoms with E-state index in [2.05, 4.69) is 189 Å². The van der Waals surface area contributed by atoms with Gasteiger partial charge in [0.25, 0.3) is 13.4 Å². The summed E-state index contributed by atoms with van der Waals surface area (Å²) in [5.41, 5.74) is 23.6. The van der Waals surface area contributed by atoms with Gasteiger partial charge in [0.1, 0.15) is 0 Å². The van der Waals surface area contributed by atoms with Crippen molar-refractivity contribution in [3.8, 4) is 5.69 Å². The van der Waals surface area contributed by atoms with Gasteiger partial charge in [-0.2, -0.15) is 0 Å². The normalized spacial score (nSPS) is 14.5. The highest BCUT2D eigenvalue weighted by Crippen LogP contribution is 2.48. The Morgan fingerprint density at radius 2 is 0.685 bits per heavy atom. The van der Waals surface area contributed by atoms with Crippen LogP contribution in [0.25, 0.3) is 27.5 Å². The number of hydrogen-bond donors (Lipinski definition) is 0. The third-order valence-electron chi connectivity index (χ3n) is 12.9. The van der Waals surface area contributed by atoms with E-state index in [4.69, 9.17) is 0 Å². The highest BCUT2D eigenvalue weighted by atomic mass is 15.2. The molecule has 0 saturated heterocycles. The van der Waals surface area contributed by atoms with Crippen molar-refractivity contribution in [2.75, 3.05) is 14.7 Å². The van der Waals surface area contributed by atoms with Crippen molar-refractivity contribution in [1.82, 2.24) is 4.57 Å². The number of benzene rings is 8. The molecule has 0 unspecified atom stereocenters. The average molecular weight is 682 g/mol. The summed E-state index contributed by atoms with van der Waals surface area (Å²) in [6.45, 7) is 0.151. The van der Waals surface area contributed by atoms with Crippen molar-refractivity contribution in [1.29, 1.82) is 0 Å². The third-order valence-corrected chi connectivity index (χ3v) is 12.9. The fourth-order valence-corrected chi connectivity index (χ4v) is 11.1. The van der Waals surface area contributed by atoms with E-state index in [-0.39, 0.29) is 13.4 Å².